The highest BCUT2D eigenvalue weighted by molar-refractivity contribution is 5.69. The van der Waals surface area contributed by atoms with Gasteiger partial charge < -0.3 is 4.98 Å². The van der Waals surface area contributed by atoms with Gasteiger partial charge in [0.2, 0.25) is 0 Å². The normalized spacial score (nSPS) is 11.3. The van der Waals surface area contributed by atoms with Crippen LogP contribution in [-0.2, 0) is 13.0 Å². The molecule has 0 aromatic carbocycles. The van der Waals surface area contributed by atoms with Gasteiger partial charge in [0, 0.05) is 13.0 Å². The van der Waals surface area contributed by atoms with Gasteiger partial charge in [-0.15, -0.1) is 0 Å². The smallest absolute Gasteiger partial charge is 0.330 e. The molecule has 0 saturated carbocycles. The fraction of sp³-hybridized carbons (Fsp3) is 0.643. The molecule has 0 fully saturated rings. The molecule has 2 aromatic rings. The Morgan fingerprint density at radius 1 is 1.05 bits per heavy atom. The molecule has 110 valence electrons. The molecule has 2 heterocycles. The van der Waals surface area contributed by atoms with Gasteiger partial charge in [-0.2, -0.15) is 0 Å². The molecular weight excluding hydrogens is 256 g/mol. The SMILES string of the molecule is CCCCCCCc1nc2c([nH]1)c(=O)[nH]c(=O)n2CC. The van der Waals surface area contributed by atoms with E-state index in [2.05, 4.69) is 21.9 Å². The number of hydrogen-bond acceptors (Lipinski definition) is 3. The van der Waals surface area contributed by atoms with Crippen molar-refractivity contribution in [1.29, 1.82) is 0 Å². The zero-order valence-corrected chi connectivity index (χ0v) is 12.2. The van der Waals surface area contributed by atoms with Gasteiger partial charge in [0.25, 0.3) is 5.56 Å². The standard InChI is InChI=1S/C14H22N4O2/c1-3-5-6-7-8-9-10-15-11-12(16-10)18(4-2)14(20)17-13(11)19/h3-9H2,1-2H3,(H,15,16)(H,17,19,20). The predicted octanol–water partition coefficient (Wildman–Crippen LogP) is 1.95. The Morgan fingerprint density at radius 3 is 2.50 bits per heavy atom. The summed E-state index contributed by atoms with van der Waals surface area (Å²) < 4.78 is 1.48. The average Bonchev–Trinajstić information content (AvgIpc) is 2.83. The molecule has 2 rings (SSSR count). The zero-order valence-electron chi connectivity index (χ0n) is 12.2. The van der Waals surface area contributed by atoms with E-state index in [0.29, 0.717) is 17.7 Å². The van der Waals surface area contributed by atoms with Gasteiger partial charge in [-0.1, -0.05) is 32.6 Å². The van der Waals surface area contributed by atoms with E-state index in [1.807, 2.05) is 6.92 Å². The Bertz CT molecular complexity index is 681. The van der Waals surface area contributed by atoms with Crippen molar-refractivity contribution in [1.82, 2.24) is 19.5 Å². The van der Waals surface area contributed by atoms with Crippen LogP contribution in [0.2, 0.25) is 0 Å². The predicted molar refractivity (Wildman–Crippen MR) is 79.1 cm³/mol. The molecule has 6 nitrogen and oxygen atoms in total. The molecule has 0 unspecified atom stereocenters. The van der Waals surface area contributed by atoms with E-state index in [4.69, 9.17) is 0 Å². The lowest BCUT2D eigenvalue weighted by atomic mass is 10.1. The van der Waals surface area contributed by atoms with Crippen molar-refractivity contribution in [3.8, 4) is 0 Å². The van der Waals surface area contributed by atoms with Gasteiger partial charge >= 0.3 is 5.69 Å². The fourth-order valence-electron chi connectivity index (χ4n) is 2.40. The van der Waals surface area contributed by atoms with Crippen LogP contribution < -0.4 is 11.2 Å². The van der Waals surface area contributed by atoms with E-state index in [9.17, 15) is 9.59 Å². The highest BCUT2D eigenvalue weighted by Crippen LogP contribution is 2.09. The van der Waals surface area contributed by atoms with Crippen LogP contribution in [0, 0.1) is 0 Å². The molecule has 0 radical (unpaired) electrons. The number of rotatable bonds is 7. The van der Waals surface area contributed by atoms with E-state index in [1.165, 1.54) is 30.3 Å². The summed E-state index contributed by atoms with van der Waals surface area (Å²) in [6.45, 7) is 4.54. The Balaban J connectivity index is 2.19. The number of aromatic amines is 2. The van der Waals surface area contributed by atoms with Gasteiger partial charge in [0.15, 0.2) is 5.65 Å². The van der Waals surface area contributed by atoms with Crippen LogP contribution in [0.1, 0.15) is 51.8 Å². The topological polar surface area (TPSA) is 83.5 Å². The van der Waals surface area contributed by atoms with Crippen LogP contribution >= 0.6 is 0 Å². The minimum atomic E-state index is -0.397. The van der Waals surface area contributed by atoms with Crippen molar-refractivity contribution in [3.63, 3.8) is 0 Å². The second-order valence-corrected chi connectivity index (χ2v) is 5.05. The number of nitrogens with one attached hydrogen (secondary N) is 2. The highest BCUT2D eigenvalue weighted by Gasteiger charge is 2.11. The van der Waals surface area contributed by atoms with E-state index < -0.39 is 5.69 Å². The van der Waals surface area contributed by atoms with Gasteiger partial charge in [0.05, 0.1) is 0 Å². The van der Waals surface area contributed by atoms with E-state index in [0.717, 1.165) is 18.7 Å². The first-order valence-corrected chi connectivity index (χ1v) is 7.39. The highest BCUT2D eigenvalue weighted by atomic mass is 16.2. The first-order chi connectivity index (χ1) is 9.67. The second kappa shape index (κ2) is 6.54. The Labute approximate surface area is 117 Å². The number of nitrogens with zero attached hydrogens (tertiary/aromatic N) is 2. The molecule has 0 aliphatic carbocycles. The summed E-state index contributed by atoms with van der Waals surface area (Å²) in [7, 11) is 0. The maximum Gasteiger partial charge on any atom is 0.330 e. The molecule has 2 aromatic heterocycles. The largest absolute Gasteiger partial charge is 0.336 e. The second-order valence-electron chi connectivity index (χ2n) is 5.05. The molecule has 0 spiro atoms. The van der Waals surface area contributed by atoms with E-state index in [1.54, 1.807) is 0 Å². The minimum absolute atomic E-state index is 0.389. The molecule has 0 bridgehead atoms. The van der Waals surface area contributed by atoms with Crippen molar-refractivity contribution in [2.75, 3.05) is 0 Å². The third-order valence-electron chi connectivity index (χ3n) is 3.52. The van der Waals surface area contributed by atoms with Crippen molar-refractivity contribution >= 4 is 11.2 Å². The first-order valence-electron chi connectivity index (χ1n) is 7.39. The van der Waals surface area contributed by atoms with E-state index in [-0.39, 0.29) is 5.56 Å². The molecule has 0 saturated heterocycles. The van der Waals surface area contributed by atoms with Crippen molar-refractivity contribution < 1.29 is 0 Å². The summed E-state index contributed by atoms with van der Waals surface area (Å²) in [5.41, 5.74) is 0.0743. The molecular formula is C14H22N4O2. The minimum Gasteiger partial charge on any atom is -0.336 e. The Morgan fingerprint density at radius 2 is 1.80 bits per heavy atom. The molecule has 0 aliphatic heterocycles. The van der Waals surface area contributed by atoms with Crippen LogP contribution in [0.3, 0.4) is 0 Å². The number of aromatic nitrogens is 4. The lowest BCUT2D eigenvalue weighted by molar-refractivity contribution is 0.624. The molecule has 6 heteroatoms. The number of H-pyrrole nitrogens is 2. The fourth-order valence-corrected chi connectivity index (χ4v) is 2.40. The monoisotopic (exact) mass is 278 g/mol. The maximum atomic E-state index is 11.8. The number of imidazole rings is 1. The lowest BCUT2D eigenvalue weighted by Gasteiger charge is -1.99. The lowest BCUT2D eigenvalue weighted by Crippen LogP contribution is -2.29. The Hall–Kier alpha value is -1.85. The number of hydrogen-bond donors (Lipinski definition) is 2. The van der Waals surface area contributed by atoms with Crippen LogP contribution in [0.25, 0.3) is 11.2 Å². The van der Waals surface area contributed by atoms with Gasteiger partial charge in [0.1, 0.15) is 11.3 Å². The maximum absolute atomic E-state index is 11.8. The summed E-state index contributed by atoms with van der Waals surface area (Å²) in [6.07, 6.45) is 6.75. The van der Waals surface area contributed by atoms with Crippen LogP contribution in [-0.4, -0.2) is 19.5 Å². The quantitative estimate of drug-likeness (QED) is 0.759. The third kappa shape index (κ3) is 3.00. The van der Waals surface area contributed by atoms with Crippen LogP contribution in [0.15, 0.2) is 9.59 Å². The molecule has 20 heavy (non-hydrogen) atoms. The molecule has 0 atom stereocenters. The molecule has 2 N–H and O–H groups in total. The van der Waals surface area contributed by atoms with Crippen LogP contribution in [0.4, 0.5) is 0 Å². The summed E-state index contributed by atoms with van der Waals surface area (Å²) in [4.78, 5) is 33.2. The van der Waals surface area contributed by atoms with Crippen LogP contribution in [0.5, 0.6) is 0 Å². The van der Waals surface area contributed by atoms with Gasteiger partial charge in [-0.3, -0.25) is 14.3 Å². The molecule has 0 amide bonds. The average molecular weight is 278 g/mol. The van der Waals surface area contributed by atoms with Crippen molar-refractivity contribution in [2.24, 2.45) is 0 Å². The zero-order chi connectivity index (χ0) is 14.5. The first kappa shape index (κ1) is 14.6. The summed E-state index contributed by atoms with van der Waals surface area (Å²) >= 11 is 0. The summed E-state index contributed by atoms with van der Waals surface area (Å²) in [6, 6.07) is 0. The van der Waals surface area contributed by atoms with Crippen molar-refractivity contribution in [2.45, 2.75) is 58.9 Å². The van der Waals surface area contributed by atoms with Crippen molar-refractivity contribution in [3.05, 3.63) is 26.7 Å². The van der Waals surface area contributed by atoms with Gasteiger partial charge in [-0.05, 0) is 13.3 Å². The van der Waals surface area contributed by atoms with Gasteiger partial charge in [-0.25, -0.2) is 9.78 Å². The number of fused-ring (bicyclic) bond motifs is 1. The van der Waals surface area contributed by atoms with E-state index >= 15 is 0 Å². The number of unbranched alkanes of at least 4 members (excludes halogenated alkanes) is 4. The Kier molecular flexibility index (Phi) is 4.76. The number of aryl methyl sites for hydroxylation is 2. The summed E-state index contributed by atoms with van der Waals surface area (Å²) in [5, 5.41) is 0. The third-order valence-corrected chi connectivity index (χ3v) is 3.52. The molecule has 0 aliphatic rings. The summed E-state index contributed by atoms with van der Waals surface area (Å²) in [5.74, 6) is 0.787.